The normalized spacial score (nSPS) is 10.5. The summed E-state index contributed by atoms with van der Waals surface area (Å²) in [4.78, 5) is 28.5. The van der Waals surface area contributed by atoms with Crippen LogP contribution in [0.3, 0.4) is 0 Å². The zero-order chi connectivity index (χ0) is 20.8. The van der Waals surface area contributed by atoms with E-state index in [0.717, 1.165) is 11.1 Å². The Hall–Kier alpha value is -4.20. The van der Waals surface area contributed by atoms with Crippen molar-refractivity contribution in [2.75, 3.05) is 5.32 Å². The molecule has 30 heavy (non-hydrogen) atoms. The zero-order valence-electron chi connectivity index (χ0n) is 16.0. The molecule has 2 aromatic heterocycles. The van der Waals surface area contributed by atoms with Crippen molar-refractivity contribution >= 4 is 17.5 Å². The summed E-state index contributed by atoms with van der Waals surface area (Å²) in [7, 11) is 0. The summed E-state index contributed by atoms with van der Waals surface area (Å²) < 4.78 is 6.79. The number of aromatic nitrogens is 3. The van der Waals surface area contributed by atoms with Gasteiger partial charge in [-0.15, -0.1) is 0 Å². The van der Waals surface area contributed by atoms with Crippen LogP contribution in [-0.2, 0) is 13.1 Å². The van der Waals surface area contributed by atoms with Crippen molar-refractivity contribution in [3.05, 3.63) is 102 Å². The monoisotopic (exact) mass is 401 g/mol. The zero-order valence-corrected chi connectivity index (χ0v) is 16.0. The van der Waals surface area contributed by atoms with Gasteiger partial charge in [0.15, 0.2) is 5.76 Å². The minimum atomic E-state index is -0.346. The average Bonchev–Trinajstić information content (AvgIpc) is 3.48. The molecule has 8 heteroatoms. The lowest BCUT2D eigenvalue weighted by atomic mass is 10.1. The summed E-state index contributed by atoms with van der Waals surface area (Å²) in [5, 5.41) is 9.77. The van der Waals surface area contributed by atoms with Crippen LogP contribution in [-0.4, -0.2) is 26.6 Å². The van der Waals surface area contributed by atoms with Gasteiger partial charge in [0.25, 0.3) is 11.8 Å². The van der Waals surface area contributed by atoms with Gasteiger partial charge in [-0.3, -0.25) is 9.59 Å². The summed E-state index contributed by atoms with van der Waals surface area (Å²) >= 11 is 0. The molecule has 0 saturated heterocycles. The molecule has 0 bridgehead atoms. The minimum absolute atomic E-state index is 0.200. The highest BCUT2D eigenvalue weighted by Gasteiger charge is 2.11. The van der Waals surface area contributed by atoms with E-state index in [4.69, 9.17) is 4.42 Å². The van der Waals surface area contributed by atoms with Crippen molar-refractivity contribution in [1.29, 1.82) is 0 Å². The van der Waals surface area contributed by atoms with Crippen molar-refractivity contribution in [2.45, 2.75) is 13.1 Å². The van der Waals surface area contributed by atoms with Crippen LogP contribution in [0.15, 0.2) is 84.0 Å². The molecule has 0 fully saturated rings. The number of benzene rings is 2. The predicted molar refractivity (Wildman–Crippen MR) is 110 cm³/mol. The highest BCUT2D eigenvalue weighted by Crippen LogP contribution is 2.13. The molecule has 8 nitrogen and oxygen atoms in total. The van der Waals surface area contributed by atoms with Crippen LogP contribution >= 0.6 is 0 Å². The molecule has 0 aliphatic carbocycles. The van der Waals surface area contributed by atoms with Gasteiger partial charge in [-0.05, 0) is 47.5 Å². The molecule has 150 valence electrons. The average molecular weight is 401 g/mol. The SMILES string of the molecule is O=C(NCc1ccccc1Cn1cncn1)c1ccc(NC(=O)c2ccco2)cc1. The maximum Gasteiger partial charge on any atom is 0.291 e. The van der Waals surface area contributed by atoms with E-state index in [0.29, 0.717) is 24.3 Å². The van der Waals surface area contributed by atoms with Gasteiger partial charge in [0.2, 0.25) is 0 Å². The van der Waals surface area contributed by atoms with Gasteiger partial charge < -0.3 is 15.1 Å². The van der Waals surface area contributed by atoms with E-state index in [9.17, 15) is 9.59 Å². The molecule has 0 unspecified atom stereocenters. The largest absolute Gasteiger partial charge is 0.459 e. The molecular formula is C22H19N5O3. The van der Waals surface area contributed by atoms with E-state index in [-0.39, 0.29) is 17.6 Å². The van der Waals surface area contributed by atoms with Crippen molar-refractivity contribution in [3.8, 4) is 0 Å². The number of anilines is 1. The van der Waals surface area contributed by atoms with E-state index in [1.54, 1.807) is 47.4 Å². The van der Waals surface area contributed by atoms with Crippen molar-refractivity contribution in [2.24, 2.45) is 0 Å². The molecule has 0 spiro atoms. The Labute approximate surface area is 172 Å². The number of amides is 2. The molecule has 2 N–H and O–H groups in total. The number of carbonyl (C=O) groups excluding carboxylic acids is 2. The maximum atomic E-state index is 12.5. The van der Waals surface area contributed by atoms with Gasteiger partial charge >= 0.3 is 0 Å². The van der Waals surface area contributed by atoms with E-state index < -0.39 is 0 Å². The third-order valence-electron chi connectivity index (χ3n) is 4.51. The first-order chi connectivity index (χ1) is 14.7. The predicted octanol–water partition coefficient (Wildman–Crippen LogP) is 3.10. The first-order valence-electron chi connectivity index (χ1n) is 9.31. The van der Waals surface area contributed by atoms with Crippen molar-refractivity contribution < 1.29 is 14.0 Å². The summed E-state index contributed by atoms with van der Waals surface area (Å²) in [5.41, 5.74) is 3.13. The van der Waals surface area contributed by atoms with Crippen LogP contribution < -0.4 is 10.6 Å². The second-order valence-electron chi connectivity index (χ2n) is 6.55. The van der Waals surface area contributed by atoms with Crippen molar-refractivity contribution in [1.82, 2.24) is 20.1 Å². The van der Waals surface area contributed by atoms with Gasteiger partial charge in [-0.1, -0.05) is 24.3 Å². The van der Waals surface area contributed by atoms with Gasteiger partial charge in [0.05, 0.1) is 12.8 Å². The van der Waals surface area contributed by atoms with Gasteiger partial charge in [-0.2, -0.15) is 5.10 Å². The Morgan fingerprint density at radius 3 is 2.43 bits per heavy atom. The van der Waals surface area contributed by atoms with Crippen LogP contribution in [0.2, 0.25) is 0 Å². The molecular weight excluding hydrogens is 382 g/mol. The highest BCUT2D eigenvalue weighted by atomic mass is 16.3. The Balaban J connectivity index is 1.36. The van der Waals surface area contributed by atoms with Gasteiger partial charge in [-0.25, -0.2) is 9.67 Å². The number of furan rings is 1. The lowest BCUT2D eigenvalue weighted by Gasteiger charge is -2.11. The van der Waals surface area contributed by atoms with Gasteiger partial charge in [0.1, 0.15) is 12.7 Å². The van der Waals surface area contributed by atoms with Crippen LogP contribution in [0, 0.1) is 0 Å². The van der Waals surface area contributed by atoms with Gasteiger partial charge in [0, 0.05) is 17.8 Å². The Kier molecular flexibility index (Phi) is 5.66. The molecule has 0 aliphatic heterocycles. The lowest BCUT2D eigenvalue weighted by molar-refractivity contribution is 0.0950. The third-order valence-corrected chi connectivity index (χ3v) is 4.51. The van der Waals surface area contributed by atoms with Crippen LogP contribution in [0.1, 0.15) is 32.0 Å². The van der Waals surface area contributed by atoms with Crippen molar-refractivity contribution in [3.63, 3.8) is 0 Å². The Bertz CT molecular complexity index is 1120. The topological polar surface area (TPSA) is 102 Å². The second-order valence-corrected chi connectivity index (χ2v) is 6.55. The molecule has 2 aromatic carbocycles. The number of nitrogens with one attached hydrogen (secondary N) is 2. The lowest BCUT2D eigenvalue weighted by Crippen LogP contribution is -2.23. The summed E-state index contributed by atoms with van der Waals surface area (Å²) in [6.45, 7) is 0.969. The second kappa shape index (κ2) is 8.87. The van der Waals surface area contributed by atoms with E-state index in [1.165, 1.54) is 12.6 Å². The Morgan fingerprint density at radius 1 is 0.933 bits per heavy atom. The molecule has 0 aliphatic rings. The fraction of sp³-hybridized carbons (Fsp3) is 0.0909. The summed E-state index contributed by atoms with van der Waals surface area (Å²) in [6.07, 6.45) is 4.58. The fourth-order valence-electron chi connectivity index (χ4n) is 2.96. The van der Waals surface area contributed by atoms with E-state index in [2.05, 4.69) is 20.7 Å². The first kappa shape index (κ1) is 19.1. The van der Waals surface area contributed by atoms with Crippen LogP contribution in [0.5, 0.6) is 0 Å². The molecule has 4 aromatic rings. The highest BCUT2D eigenvalue weighted by molar-refractivity contribution is 6.02. The minimum Gasteiger partial charge on any atom is -0.459 e. The standard InChI is InChI=1S/C22H19N5O3/c28-21(16-7-9-19(10-8-16)26-22(29)20-6-3-11-30-20)24-12-17-4-1-2-5-18(17)13-27-15-23-14-25-27/h1-11,14-15H,12-13H2,(H,24,28)(H,26,29). The molecule has 2 heterocycles. The molecule has 2 amide bonds. The number of nitrogens with zero attached hydrogens (tertiary/aromatic N) is 3. The summed E-state index contributed by atoms with van der Waals surface area (Å²) in [5.74, 6) is -0.322. The smallest absolute Gasteiger partial charge is 0.291 e. The maximum absolute atomic E-state index is 12.5. The molecule has 0 radical (unpaired) electrons. The third kappa shape index (κ3) is 4.61. The van der Waals surface area contributed by atoms with Crippen LogP contribution in [0.25, 0.3) is 0 Å². The first-order valence-corrected chi connectivity index (χ1v) is 9.31. The number of hydrogen-bond donors (Lipinski definition) is 2. The number of rotatable bonds is 7. The summed E-state index contributed by atoms with van der Waals surface area (Å²) in [6, 6.07) is 17.8. The van der Waals surface area contributed by atoms with E-state index >= 15 is 0 Å². The molecule has 0 saturated carbocycles. The Morgan fingerprint density at radius 2 is 1.73 bits per heavy atom. The van der Waals surface area contributed by atoms with E-state index in [1.807, 2.05) is 24.3 Å². The molecule has 0 atom stereocenters. The quantitative estimate of drug-likeness (QED) is 0.495. The number of carbonyl (C=O) groups is 2. The number of hydrogen-bond acceptors (Lipinski definition) is 5. The van der Waals surface area contributed by atoms with Crippen LogP contribution in [0.4, 0.5) is 5.69 Å². The fourth-order valence-corrected chi connectivity index (χ4v) is 2.96. The molecule has 4 rings (SSSR count).